The molecule has 0 aromatic carbocycles. The first kappa shape index (κ1) is 10.4. The molecule has 0 fully saturated rings. The van der Waals surface area contributed by atoms with Crippen LogP contribution in [0.4, 0.5) is 0 Å². The third-order valence-corrected chi connectivity index (χ3v) is 0.419. The Labute approximate surface area is 53.9 Å². The van der Waals surface area contributed by atoms with Crippen LogP contribution in [-0.2, 0) is 9.63 Å². The van der Waals surface area contributed by atoms with Crippen molar-refractivity contribution >= 4 is 18.4 Å². The summed E-state index contributed by atoms with van der Waals surface area (Å²) in [5, 5.41) is 0. The molecule has 0 saturated carbocycles. The summed E-state index contributed by atoms with van der Waals surface area (Å²) in [5.74, 6) is 3.93. The van der Waals surface area contributed by atoms with E-state index in [-0.39, 0.29) is 12.4 Å². The third kappa shape index (κ3) is 5.46. The van der Waals surface area contributed by atoms with Gasteiger partial charge in [-0.25, -0.2) is 4.79 Å². The minimum atomic E-state index is -0.525. The lowest BCUT2D eigenvalue weighted by atomic mass is 10.5. The summed E-state index contributed by atoms with van der Waals surface area (Å²) in [6.07, 6.45) is 2.79. The Bertz CT molecular complexity index is 92.0. The van der Waals surface area contributed by atoms with Crippen molar-refractivity contribution in [3.8, 4) is 0 Å². The third-order valence-electron chi connectivity index (χ3n) is 0.419. The van der Waals surface area contributed by atoms with E-state index in [1.807, 2.05) is 0 Å². The molecule has 0 aliphatic rings. The number of halogens is 1. The molecule has 0 heterocycles. The van der Waals surface area contributed by atoms with E-state index in [0.29, 0.717) is 0 Å². The molecule has 0 unspecified atom stereocenters. The van der Waals surface area contributed by atoms with Crippen molar-refractivity contribution in [3.05, 3.63) is 12.2 Å². The Kier molecular flexibility index (Phi) is 8.43. The molecule has 0 bridgehead atoms. The molecule has 0 aromatic heterocycles. The first-order valence-corrected chi connectivity index (χ1v) is 1.84. The highest BCUT2D eigenvalue weighted by molar-refractivity contribution is 5.85. The van der Waals surface area contributed by atoms with Crippen LogP contribution < -0.4 is 5.90 Å². The average molecular weight is 138 g/mol. The SMILES string of the molecule is C/C=C/C(=O)ON.Cl. The highest BCUT2D eigenvalue weighted by Gasteiger charge is 1.85. The second-order valence-corrected chi connectivity index (χ2v) is 0.937. The van der Waals surface area contributed by atoms with Gasteiger partial charge in [-0.2, -0.15) is 5.90 Å². The van der Waals surface area contributed by atoms with Crippen molar-refractivity contribution in [2.75, 3.05) is 0 Å². The first-order valence-electron chi connectivity index (χ1n) is 1.84. The van der Waals surface area contributed by atoms with Gasteiger partial charge in [-0.15, -0.1) is 12.4 Å². The van der Waals surface area contributed by atoms with Gasteiger partial charge >= 0.3 is 5.97 Å². The van der Waals surface area contributed by atoms with E-state index in [0.717, 1.165) is 0 Å². The van der Waals surface area contributed by atoms with E-state index < -0.39 is 5.97 Å². The van der Waals surface area contributed by atoms with Crippen LogP contribution in [0.3, 0.4) is 0 Å². The fourth-order valence-electron chi connectivity index (χ4n) is 0.175. The normalized spacial score (nSPS) is 8.25. The summed E-state index contributed by atoms with van der Waals surface area (Å²) < 4.78 is 0. The highest BCUT2D eigenvalue weighted by Crippen LogP contribution is 1.71. The van der Waals surface area contributed by atoms with Crippen LogP contribution in [0, 0.1) is 0 Å². The Hall–Kier alpha value is -0.540. The van der Waals surface area contributed by atoms with Crippen LogP contribution in [-0.4, -0.2) is 5.97 Å². The van der Waals surface area contributed by atoms with Gasteiger partial charge in [0.05, 0.1) is 0 Å². The van der Waals surface area contributed by atoms with E-state index in [1.54, 1.807) is 13.0 Å². The molecule has 0 aliphatic heterocycles. The van der Waals surface area contributed by atoms with Gasteiger partial charge in [0.1, 0.15) is 0 Å². The van der Waals surface area contributed by atoms with Crippen LogP contribution in [0.25, 0.3) is 0 Å². The van der Waals surface area contributed by atoms with Crippen molar-refractivity contribution in [2.24, 2.45) is 5.90 Å². The molecule has 0 radical (unpaired) electrons. The Morgan fingerprint density at radius 3 is 2.38 bits per heavy atom. The van der Waals surface area contributed by atoms with Gasteiger partial charge in [-0.3, -0.25) is 0 Å². The van der Waals surface area contributed by atoms with Gasteiger partial charge in [0.15, 0.2) is 0 Å². The van der Waals surface area contributed by atoms with E-state index in [9.17, 15) is 4.79 Å². The summed E-state index contributed by atoms with van der Waals surface area (Å²) in [7, 11) is 0. The van der Waals surface area contributed by atoms with Gasteiger partial charge in [-0.05, 0) is 6.92 Å². The lowest BCUT2D eigenvalue weighted by Crippen LogP contribution is -2.05. The molecule has 0 atom stereocenters. The lowest BCUT2D eigenvalue weighted by Gasteiger charge is -1.83. The van der Waals surface area contributed by atoms with Crippen molar-refractivity contribution < 1.29 is 9.63 Å². The van der Waals surface area contributed by atoms with E-state index in [4.69, 9.17) is 0 Å². The van der Waals surface area contributed by atoms with Crippen molar-refractivity contribution in [1.29, 1.82) is 0 Å². The van der Waals surface area contributed by atoms with E-state index >= 15 is 0 Å². The molecule has 0 rings (SSSR count). The molecule has 3 nitrogen and oxygen atoms in total. The lowest BCUT2D eigenvalue weighted by molar-refractivity contribution is -0.138. The van der Waals surface area contributed by atoms with E-state index in [2.05, 4.69) is 10.7 Å². The molecule has 0 amide bonds. The second-order valence-electron chi connectivity index (χ2n) is 0.937. The monoisotopic (exact) mass is 137 g/mol. The zero-order valence-electron chi connectivity index (χ0n) is 4.46. The Morgan fingerprint density at radius 1 is 1.75 bits per heavy atom. The van der Waals surface area contributed by atoms with Gasteiger partial charge in [0.25, 0.3) is 0 Å². The molecule has 8 heavy (non-hydrogen) atoms. The van der Waals surface area contributed by atoms with Gasteiger partial charge in [-0.1, -0.05) is 6.08 Å². The second kappa shape index (κ2) is 6.46. The molecule has 0 saturated heterocycles. The smallest absolute Gasteiger partial charge is 0.348 e. The summed E-state index contributed by atoms with van der Waals surface area (Å²) >= 11 is 0. The van der Waals surface area contributed by atoms with Crippen LogP contribution in [0.15, 0.2) is 12.2 Å². The summed E-state index contributed by atoms with van der Waals surface area (Å²) in [5.41, 5.74) is 0. The largest absolute Gasteiger partial charge is 0.370 e. The summed E-state index contributed by atoms with van der Waals surface area (Å²) in [6.45, 7) is 1.71. The molecule has 4 heteroatoms. The van der Waals surface area contributed by atoms with Crippen molar-refractivity contribution in [2.45, 2.75) is 6.92 Å². The van der Waals surface area contributed by atoms with Crippen molar-refractivity contribution in [1.82, 2.24) is 0 Å². The number of rotatable bonds is 1. The number of allylic oxidation sites excluding steroid dienone is 1. The molecule has 0 aromatic rings. The summed E-state index contributed by atoms with van der Waals surface area (Å²) in [4.78, 5) is 13.7. The zero-order chi connectivity index (χ0) is 5.70. The van der Waals surface area contributed by atoms with Crippen LogP contribution in [0.1, 0.15) is 6.92 Å². The van der Waals surface area contributed by atoms with Gasteiger partial charge in [0, 0.05) is 6.08 Å². The maximum Gasteiger partial charge on any atom is 0.348 e. The number of carbonyl (C=O) groups excluding carboxylic acids is 1. The standard InChI is InChI=1S/C4H7NO2.ClH/c1-2-3-4(6)7-5;/h2-3H,5H2,1H3;1H/b3-2+;. The molecule has 0 aliphatic carbocycles. The quantitative estimate of drug-likeness (QED) is 0.421. The zero-order valence-corrected chi connectivity index (χ0v) is 5.27. The predicted molar refractivity (Wildman–Crippen MR) is 32.3 cm³/mol. The van der Waals surface area contributed by atoms with Crippen LogP contribution in [0.5, 0.6) is 0 Å². The fourth-order valence-corrected chi connectivity index (χ4v) is 0.175. The van der Waals surface area contributed by atoms with Crippen LogP contribution >= 0.6 is 12.4 Å². The van der Waals surface area contributed by atoms with Crippen LogP contribution in [0.2, 0.25) is 0 Å². The number of carbonyl (C=O) groups is 1. The van der Waals surface area contributed by atoms with Gasteiger partial charge in [0.2, 0.25) is 0 Å². The number of hydrogen-bond acceptors (Lipinski definition) is 3. The average Bonchev–Trinajstić information content (AvgIpc) is 1.68. The minimum absolute atomic E-state index is 0. The maximum absolute atomic E-state index is 9.98. The summed E-state index contributed by atoms with van der Waals surface area (Å²) in [6, 6.07) is 0. The topological polar surface area (TPSA) is 52.3 Å². The Balaban J connectivity index is 0. The van der Waals surface area contributed by atoms with Gasteiger partial charge < -0.3 is 4.84 Å². The predicted octanol–water partition coefficient (Wildman–Crippen LogP) is 0.401. The number of hydrogen-bond donors (Lipinski definition) is 1. The maximum atomic E-state index is 9.98. The van der Waals surface area contributed by atoms with E-state index in [1.165, 1.54) is 6.08 Å². The molecular formula is C4H8ClNO2. The fraction of sp³-hybridized carbons (Fsp3) is 0.250. The first-order chi connectivity index (χ1) is 3.31. The minimum Gasteiger partial charge on any atom is -0.370 e. The highest BCUT2D eigenvalue weighted by atomic mass is 35.5. The molecule has 0 spiro atoms. The number of nitrogens with two attached hydrogens (primary N) is 1. The Morgan fingerprint density at radius 2 is 2.25 bits per heavy atom. The molecule has 2 N–H and O–H groups in total. The molecular weight excluding hydrogens is 130 g/mol. The molecule has 48 valence electrons. The van der Waals surface area contributed by atoms with Crippen molar-refractivity contribution in [3.63, 3.8) is 0 Å².